The zero-order valence-corrected chi connectivity index (χ0v) is 24.2. The van der Waals surface area contributed by atoms with Crippen LogP contribution in [0.2, 0.25) is 0 Å². The summed E-state index contributed by atoms with van der Waals surface area (Å²) in [5.41, 5.74) is 7.85. The zero-order valence-electron chi connectivity index (χ0n) is 24.2. The molecule has 4 rings (SSSR count). The van der Waals surface area contributed by atoms with Gasteiger partial charge in [0, 0.05) is 18.7 Å². The van der Waals surface area contributed by atoms with E-state index in [2.05, 4.69) is 10.2 Å². The van der Waals surface area contributed by atoms with Crippen molar-refractivity contribution < 1.29 is 28.6 Å². The van der Waals surface area contributed by atoms with Crippen molar-refractivity contribution in [1.82, 2.24) is 5.32 Å². The summed E-state index contributed by atoms with van der Waals surface area (Å²) in [6.45, 7) is 6.82. The second kappa shape index (κ2) is 12.5. The van der Waals surface area contributed by atoms with Crippen LogP contribution in [0.4, 0.5) is 16.2 Å². The molecule has 0 saturated heterocycles. The van der Waals surface area contributed by atoms with E-state index in [0.717, 1.165) is 22.0 Å². The quantitative estimate of drug-likeness (QED) is 0.391. The minimum Gasteiger partial charge on any atom is -0.496 e. The van der Waals surface area contributed by atoms with Crippen LogP contribution in [0.25, 0.3) is 10.8 Å². The number of anilines is 2. The molecule has 3 aromatic carbocycles. The summed E-state index contributed by atoms with van der Waals surface area (Å²) >= 11 is 0. The second-order valence-electron chi connectivity index (χ2n) is 10.9. The molecule has 0 saturated carbocycles. The summed E-state index contributed by atoms with van der Waals surface area (Å²) in [5, 5.41) is 4.43. The molecule has 0 bridgehead atoms. The third-order valence-corrected chi connectivity index (χ3v) is 6.85. The maximum absolute atomic E-state index is 14.3. The number of fused-ring (bicyclic) bond motifs is 2. The largest absolute Gasteiger partial charge is 0.496 e. The van der Waals surface area contributed by atoms with Crippen LogP contribution in [0.15, 0.2) is 54.6 Å². The average molecular weight is 563 g/mol. The van der Waals surface area contributed by atoms with E-state index in [4.69, 9.17) is 19.9 Å². The number of nitrogens with two attached hydrogens (primary N) is 1. The van der Waals surface area contributed by atoms with Gasteiger partial charge < -0.3 is 35.1 Å². The number of esters is 1. The van der Waals surface area contributed by atoms with Gasteiger partial charge in [0.15, 0.2) is 0 Å². The number of ether oxygens (including phenoxy) is 3. The second-order valence-corrected chi connectivity index (χ2v) is 10.9. The highest BCUT2D eigenvalue weighted by Gasteiger charge is 2.36. The molecule has 0 aromatic heterocycles. The number of para-hydroxylation sites is 2. The van der Waals surface area contributed by atoms with E-state index in [1.807, 2.05) is 42.5 Å². The molecule has 2 amide bonds. The number of nitrogens with zero attached hydrogens (tertiary/aromatic N) is 2. The summed E-state index contributed by atoms with van der Waals surface area (Å²) in [7, 11) is 2.92. The van der Waals surface area contributed by atoms with E-state index in [0.29, 0.717) is 36.5 Å². The zero-order chi connectivity index (χ0) is 29.7. The third-order valence-electron chi connectivity index (χ3n) is 6.85. The fourth-order valence-corrected chi connectivity index (χ4v) is 5.01. The predicted octanol–water partition coefficient (Wildman–Crippen LogP) is 4.23. The van der Waals surface area contributed by atoms with Crippen LogP contribution in [0.3, 0.4) is 0 Å². The lowest BCUT2D eigenvalue weighted by molar-refractivity contribution is -0.120. The Hall–Kier alpha value is -4.31. The predicted molar refractivity (Wildman–Crippen MR) is 159 cm³/mol. The number of carbonyl (C=O) groups is 3. The Labute approximate surface area is 240 Å². The van der Waals surface area contributed by atoms with E-state index in [-0.39, 0.29) is 19.0 Å². The first-order valence-corrected chi connectivity index (χ1v) is 13.6. The Morgan fingerprint density at radius 2 is 1.78 bits per heavy atom. The Morgan fingerprint density at radius 3 is 2.44 bits per heavy atom. The molecule has 41 heavy (non-hydrogen) atoms. The lowest BCUT2D eigenvalue weighted by atomic mass is 10.00. The number of carbonyl (C=O) groups excluding carboxylic acids is 3. The Bertz CT molecular complexity index is 1430. The monoisotopic (exact) mass is 562 g/mol. The molecule has 10 nitrogen and oxygen atoms in total. The van der Waals surface area contributed by atoms with Crippen LogP contribution >= 0.6 is 0 Å². The van der Waals surface area contributed by atoms with Gasteiger partial charge in [-0.25, -0.2) is 9.59 Å². The van der Waals surface area contributed by atoms with Gasteiger partial charge >= 0.3 is 12.1 Å². The number of hydrogen-bond acceptors (Lipinski definition) is 8. The molecule has 1 aliphatic heterocycles. The van der Waals surface area contributed by atoms with E-state index in [9.17, 15) is 14.4 Å². The number of benzene rings is 3. The van der Waals surface area contributed by atoms with Crippen LogP contribution in [0, 0.1) is 0 Å². The van der Waals surface area contributed by atoms with Crippen LogP contribution in [-0.4, -0.2) is 63.5 Å². The van der Waals surface area contributed by atoms with Gasteiger partial charge in [-0.3, -0.25) is 4.79 Å². The maximum atomic E-state index is 14.3. The lowest BCUT2D eigenvalue weighted by Crippen LogP contribution is -2.53. The van der Waals surface area contributed by atoms with Crippen molar-refractivity contribution in [3.8, 4) is 5.75 Å². The van der Waals surface area contributed by atoms with Crippen LogP contribution < -0.4 is 25.6 Å². The van der Waals surface area contributed by atoms with E-state index in [1.165, 1.54) is 7.11 Å². The van der Waals surface area contributed by atoms with Crippen LogP contribution in [0.1, 0.15) is 43.1 Å². The van der Waals surface area contributed by atoms with Crippen molar-refractivity contribution in [3.63, 3.8) is 0 Å². The maximum Gasteiger partial charge on any atom is 0.408 e. The summed E-state index contributed by atoms with van der Waals surface area (Å²) in [5.74, 6) is -0.132. The molecule has 3 aromatic rings. The Morgan fingerprint density at radius 1 is 1.05 bits per heavy atom. The fraction of sp³-hybridized carbons (Fsp3) is 0.387. The number of amides is 2. The third kappa shape index (κ3) is 6.71. The topological polar surface area (TPSA) is 123 Å². The van der Waals surface area contributed by atoms with Gasteiger partial charge in [-0.05, 0) is 74.8 Å². The summed E-state index contributed by atoms with van der Waals surface area (Å²) < 4.78 is 16.1. The summed E-state index contributed by atoms with van der Waals surface area (Å²) in [6.07, 6.45) is 0.0417. The number of nitrogens with one attached hydrogen (secondary N) is 1. The Kier molecular flexibility index (Phi) is 9.02. The van der Waals surface area contributed by atoms with Crippen molar-refractivity contribution in [2.45, 2.75) is 45.4 Å². The van der Waals surface area contributed by atoms with Crippen molar-refractivity contribution in [2.75, 3.05) is 43.7 Å². The minimum absolute atomic E-state index is 0.158. The van der Waals surface area contributed by atoms with Crippen molar-refractivity contribution >= 4 is 40.1 Å². The van der Waals surface area contributed by atoms with Crippen molar-refractivity contribution in [2.24, 2.45) is 5.73 Å². The van der Waals surface area contributed by atoms with E-state index >= 15 is 0 Å². The lowest BCUT2D eigenvalue weighted by Gasteiger charge is -2.28. The molecule has 0 radical (unpaired) electrons. The molecule has 10 heteroatoms. The van der Waals surface area contributed by atoms with E-state index in [1.54, 1.807) is 44.9 Å². The average Bonchev–Trinajstić information content (AvgIpc) is 3.05. The number of methoxy groups -OCH3 is 2. The molecule has 218 valence electrons. The highest BCUT2D eigenvalue weighted by molar-refractivity contribution is 6.04. The number of rotatable bonds is 8. The van der Waals surface area contributed by atoms with E-state index < -0.39 is 23.7 Å². The van der Waals surface area contributed by atoms with Crippen LogP contribution in [0.5, 0.6) is 5.75 Å². The molecular formula is C31H38N4O6. The first-order valence-electron chi connectivity index (χ1n) is 13.6. The highest BCUT2D eigenvalue weighted by Crippen LogP contribution is 2.37. The molecule has 0 fully saturated rings. The Balaban J connectivity index is 1.81. The summed E-state index contributed by atoms with van der Waals surface area (Å²) in [4.78, 5) is 43.0. The minimum atomic E-state index is -0.887. The SMILES string of the molecule is COC(=O)c1ccc2c(CN3C(=O)[C@@H](NC(=O)OC(C)(C)C)CN(CCCN)c4ccccc43)c(OC)ccc2c1. The fourth-order valence-electron chi connectivity index (χ4n) is 5.01. The van der Waals surface area contributed by atoms with Gasteiger partial charge in [0.25, 0.3) is 5.91 Å². The van der Waals surface area contributed by atoms with Crippen molar-refractivity contribution in [1.29, 1.82) is 0 Å². The van der Waals surface area contributed by atoms with Gasteiger partial charge in [-0.1, -0.05) is 24.3 Å². The molecule has 0 unspecified atom stereocenters. The van der Waals surface area contributed by atoms with Gasteiger partial charge in [-0.15, -0.1) is 0 Å². The molecule has 1 heterocycles. The number of alkyl carbamates (subject to hydrolysis) is 1. The first kappa shape index (κ1) is 29.7. The van der Waals surface area contributed by atoms with Crippen molar-refractivity contribution in [3.05, 3.63) is 65.7 Å². The molecule has 3 N–H and O–H groups in total. The highest BCUT2D eigenvalue weighted by atomic mass is 16.6. The smallest absolute Gasteiger partial charge is 0.408 e. The molecular weight excluding hydrogens is 524 g/mol. The summed E-state index contributed by atoms with van der Waals surface area (Å²) in [6, 6.07) is 15.7. The van der Waals surface area contributed by atoms with Crippen LogP contribution in [-0.2, 0) is 20.8 Å². The normalized spacial score (nSPS) is 15.3. The van der Waals surface area contributed by atoms with Gasteiger partial charge in [0.1, 0.15) is 17.4 Å². The number of hydrogen-bond donors (Lipinski definition) is 2. The molecule has 1 atom stereocenters. The molecule has 0 spiro atoms. The first-order chi connectivity index (χ1) is 19.6. The van der Waals surface area contributed by atoms with Gasteiger partial charge in [0.05, 0.1) is 37.7 Å². The molecule has 1 aliphatic rings. The van der Waals surface area contributed by atoms with Gasteiger partial charge in [0.2, 0.25) is 0 Å². The van der Waals surface area contributed by atoms with Gasteiger partial charge in [-0.2, -0.15) is 0 Å². The standard InChI is InChI=1S/C31H38N4O6/c1-31(2,3)41-30(38)33-24-19-34(16-8-15-32)25-9-6-7-10-26(25)35(28(24)36)18-23-22-13-11-21(29(37)40-5)17-20(22)12-14-27(23)39-4/h6-7,9-14,17,24H,8,15-16,18-19,32H2,1-5H3,(H,33,38)/t24-/m0/s1. The molecule has 0 aliphatic carbocycles.